The lowest BCUT2D eigenvalue weighted by molar-refractivity contribution is 0.0953. The number of piperidine rings is 1. The zero-order valence-electron chi connectivity index (χ0n) is 14.3. The maximum atomic E-state index is 3.55. The maximum Gasteiger partial charge on any atom is 0.0418 e. The van der Waals surface area contributed by atoms with Crippen LogP contribution in [0.4, 0.5) is 5.69 Å². The van der Waals surface area contributed by atoms with Crippen LogP contribution in [0.15, 0.2) is 30.0 Å². The number of benzene rings is 1. The van der Waals surface area contributed by atoms with Gasteiger partial charge in [0.1, 0.15) is 0 Å². The van der Waals surface area contributed by atoms with Gasteiger partial charge in [-0.05, 0) is 72.9 Å². The highest BCUT2D eigenvalue weighted by Gasteiger charge is 2.40. The first-order valence-electron chi connectivity index (χ1n) is 9.09. The van der Waals surface area contributed by atoms with Gasteiger partial charge in [0.05, 0.1) is 0 Å². The minimum Gasteiger partial charge on any atom is -0.361 e. The first kappa shape index (κ1) is 15.6. The van der Waals surface area contributed by atoms with Gasteiger partial charge in [0, 0.05) is 30.4 Å². The number of nitrogens with one attached hydrogen (secondary N) is 1. The molecule has 0 saturated carbocycles. The minimum absolute atomic E-state index is 0.704. The van der Waals surface area contributed by atoms with Crippen molar-refractivity contribution in [2.45, 2.75) is 44.6 Å². The van der Waals surface area contributed by atoms with Gasteiger partial charge >= 0.3 is 0 Å². The van der Waals surface area contributed by atoms with Gasteiger partial charge in [0.25, 0.3) is 0 Å². The fourth-order valence-electron chi connectivity index (χ4n) is 4.96. The van der Waals surface area contributed by atoms with Gasteiger partial charge in [-0.1, -0.05) is 19.1 Å². The molecule has 1 aromatic rings. The molecule has 3 heteroatoms. The van der Waals surface area contributed by atoms with Crippen LogP contribution in [0.25, 0.3) is 0 Å². The Morgan fingerprint density at radius 2 is 2.26 bits per heavy atom. The van der Waals surface area contributed by atoms with Crippen LogP contribution in [0.1, 0.15) is 43.2 Å². The van der Waals surface area contributed by atoms with Crippen LogP contribution in [0.3, 0.4) is 0 Å². The molecule has 23 heavy (non-hydrogen) atoms. The number of hydrogen-bond acceptors (Lipinski definition) is 3. The highest BCUT2D eigenvalue weighted by molar-refractivity contribution is 7.98. The molecule has 1 aromatic carbocycles. The molecule has 1 saturated heterocycles. The van der Waals surface area contributed by atoms with E-state index in [9.17, 15) is 0 Å². The molecular formula is C20H28N2S. The molecule has 0 aromatic heterocycles. The number of hydrogen-bond donors (Lipinski definition) is 1. The van der Waals surface area contributed by atoms with Crippen LogP contribution in [0.5, 0.6) is 0 Å². The van der Waals surface area contributed by atoms with Gasteiger partial charge in [0.2, 0.25) is 0 Å². The molecule has 0 unspecified atom stereocenters. The van der Waals surface area contributed by atoms with Crippen molar-refractivity contribution in [3.63, 3.8) is 0 Å². The van der Waals surface area contributed by atoms with Gasteiger partial charge in [0.15, 0.2) is 0 Å². The Morgan fingerprint density at radius 1 is 1.35 bits per heavy atom. The van der Waals surface area contributed by atoms with Crippen LogP contribution < -0.4 is 5.32 Å². The number of thioether (sulfide) groups is 1. The largest absolute Gasteiger partial charge is 0.361 e. The molecule has 0 spiro atoms. The van der Waals surface area contributed by atoms with Gasteiger partial charge < -0.3 is 5.32 Å². The monoisotopic (exact) mass is 328 g/mol. The molecule has 2 bridgehead atoms. The minimum atomic E-state index is 0.704. The van der Waals surface area contributed by atoms with Crippen LogP contribution in [0.2, 0.25) is 0 Å². The summed E-state index contributed by atoms with van der Waals surface area (Å²) in [5.74, 6) is 2.86. The van der Waals surface area contributed by atoms with Crippen molar-refractivity contribution in [3.05, 3.63) is 41.1 Å². The zero-order chi connectivity index (χ0) is 15.8. The maximum absolute atomic E-state index is 3.55. The van der Waals surface area contributed by atoms with Gasteiger partial charge in [-0.2, -0.15) is 11.8 Å². The van der Waals surface area contributed by atoms with Crippen molar-refractivity contribution in [2.75, 3.05) is 30.4 Å². The van der Waals surface area contributed by atoms with Gasteiger partial charge in [-0.3, -0.25) is 4.90 Å². The fraction of sp³-hybridized carbons (Fsp3) is 0.600. The molecule has 2 aliphatic heterocycles. The predicted octanol–water partition coefficient (Wildman–Crippen LogP) is 4.49. The van der Waals surface area contributed by atoms with E-state index in [2.05, 4.69) is 47.8 Å². The molecule has 124 valence electrons. The van der Waals surface area contributed by atoms with E-state index in [-0.39, 0.29) is 0 Å². The first-order chi connectivity index (χ1) is 11.3. The van der Waals surface area contributed by atoms with Crippen molar-refractivity contribution in [1.82, 2.24) is 4.90 Å². The van der Waals surface area contributed by atoms with E-state index < -0.39 is 0 Å². The standard InChI is InChI=1S/C20H28N2S/c1-3-7-22-12-15(13-23-2)9-18-16-5-4-6-19-17(16)8-14(11-21-19)10-20(18)22/h4-6,11,15,18,20-21H,3,7-10,12-13H2,1-2H3/t15-,18-,20-/m1/s1. The Hall–Kier alpha value is -0.930. The molecular weight excluding hydrogens is 300 g/mol. The summed E-state index contributed by atoms with van der Waals surface area (Å²) in [5, 5.41) is 3.55. The Kier molecular flexibility index (Phi) is 4.42. The molecule has 3 atom stereocenters. The number of rotatable bonds is 4. The van der Waals surface area contributed by atoms with E-state index in [1.165, 1.54) is 50.2 Å². The molecule has 2 heterocycles. The van der Waals surface area contributed by atoms with Crippen molar-refractivity contribution in [2.24, 2.45) is 5.92 Å². The SMILES string of the molecule is CCCN1C[C@H](CSC)C[C@@H]2c3cccc4c3CC(=CN4)C[C@H]21. The molecule has 1 N–H and O–H groups in total. The zero-order valence-corrected chi connectivity index (χ0v) is 15.2. The van der Waals surface area contributed by atoms with Crippen LogP contribution in [-0.2, 0) is 6.42 Å². The summed E-state index contributed by atoms with van der Waals surface area (Å²) in [6.45, 7) is 4.87. The van der Waals surface area contributed by atoms with Crippen molar-refractivity contribution < 1.29 is 0 Å². The second-order valence-corrected chi connectivity index (χ2v) is 8.34. The summed E-state index contributed by atoms with van der Waals surface area (Å²) in [7, 11) is 0. The Bertz CT molecular complexity index is 610. The topological polar surface area (TPSA) is 15.3 Å². The summed E-state index contributed by atoms with van der Waals surface area (Å²) >= 11 is 2.02. The first-order valence-corrected chi connectivity index (χ1v) is 10.5. The number of anilines is 1. The highest BCUT2D eigenvalue weighted by Crippen LogP contribution is 2.46. The summed E-state index contributed by atoms with van der Waals surface area (Å²) < 4.78 is 0. The summed E-state index contributed by atoms with van der Waals surface area (Å²) in [6.07, 6.45) is 9.59. The van der Waals surface area contributed by atoms with Crippen molar-refractivity contribution in [3.8, 4) is 0 Å². The van der Waals surface area contributed by atoms with E-state index in [4.69, 9.17) is 0 Å². The molecule has 4 rings (SSSR count). The lowest BCUT2D eigenvalue weighted by Crippen LogP contribution is -2.48. The molecule has 0 amide bonds. The van der Waals surface area contributed by atoms with Crippen LogP contribution in [-0.4, -0.2) is 36.0 Å². The quantitative estimate of drug-likeness (QED) is 0.877. The molecule has 1 fully saturated rings. The van der Waals surface area contributed by atoms with Gasteiger partial charge in [-0.25, -0.2) is 0 Å². The van der Waals surface area contributed by atoms with Crippen molar-refractivity contribution >= 4 is 17.4 Å². The second kappa shape index (κ2) is 6.52. The fourth-order valence-corrected chi connectivity index (χ4v) is 5.67. The van der Waals surface area contributed by atoms with E-state index in [1.54, 1.807) is 16.7 Å². The normalized spacial score (nSPS) is 29.3. The molecule has 2 nitrogen and oxygen atoms in total. The Balaban J connectivity index is 1.74. The molecule has 3 aliphatic rings. The van der Waals surface area contributed by atoms with E-state index in [1.807, 2.05) is 11.8 Å². The molecule has 0 radical (unpaired) electrons. The number of likely N-dealkylation sites (tertiary alicyclic amines) is 1. The van der Waals surface area contributed by atoms with E-state index >= 15 is 0 Å². The second-order valence-electron chi connectivity index (χ2n) is 7.43. The number of fused-ring (bicyclic) bond motifs is 3. The smallest absolute Gasteiger partial charge is 0.0418 e. The van der Waals surface area contributed by atoms with Crippen LogP contribution in [0, 0.1) is 5.92 Å². The third-order valence-corrected chi connectivity index (χ3v) is 6.65. The Morgan fingerprint density at radius 3 is 3.09 bits per heavy atom. The van der Waals surface area contributed by atoms with Crippen LogP contribution >= 0.6 is 11.8 Å². The summed E-state index contributed by atoms with van der Waals surface area (Å²) in [6, 6.07) is 7.62. The average Bonchev–Trinajstić information content (AvgIpc) is 2.71. The highest BCUT2D eigenvalue weighted by atomic mass is 32.2. The molecule has 1 aliphatic carbocycles. The van der Waals surface area contributed by atoms with E-state index in [0.29, 0.717) is 12.0 Å². The predicted molar refractivity (Wildman–Crippen MR) is 101 cm³/mol. The van der Waals surface area contributed by atoms with Crippen molar-refractivity contribution in [1.29, 1.82) is 0 Å². The average molecular weight is 329 g/mol. The Labute approximate surface area is 144 Å². The third kappa shape index (κ3) is 2.83. The third-order valence-electron chi connectivity index (χ3n) is 5.85. The number of nitrogens with zero attached hydrogens (tertiary/aromatic N) is 1. The lowest BCUT2D eigenvalue weighted by Gasteiger charge is -2.45. The van der Waals surface area contributed by atoms with E-state index in [0.717, 1.165) is 5.92 Å². The lowest BCUT2D eigenvalue weighted by atomic mass is 9.78. The van der Waals surface area contributed by atoms with Gasteiger partial charge in [-0.15, -0.1) is 0 Å². The summed E-state index contributed by atoms with van der Waals surface area (Å²) in [5.41, 5.74) is 6.16. The summed E-state index contributed by atoms with van der Waals surface area (Å²) in [4.78, 5) is 2.82.